The number of H-pyrrole nitrogens is 1. The number of hydrogen-bond donors (Lipinski definition) is 3. The van der Waals surface area contributed by atoms with E-state index in [9.17, 15) is 4.79 Å². The molecule has 180 valence electrons. The zero-order valence-electron chi connectivity index (χ0n) is 19.7. The third-order valence-electron chi connectivity index (χ3n) is 5.80. The van der Waals surface area contributed by atoms with Crippen LogP contribution in [-0.2, 0) is 11.3 Å². The molecule has 1 aromatic carbocycles. The molecule has 1 amide bonds. The minimum absolute atomic E-state index is 0.166. The van der Waals surface area contributed by atoms with Crippen molar-refractivity contribution in [2.24, 2.45) is 5.92 Å². The summed E-state index contributed by atoms with van der Waals surface area (Å²) in [4.78, 5) is 22.6. The van der Waals surface area contributed by atoms with Gasteiger partial charge in [0.2, 0.25) is 11.6 Å². The van der Waals surface area contributed by atoms with E-state index in [2.05, 4.69) is 39.3 Å². The molecule has 1 atom stereocenters. The second-order valence-electron chi connectivity index (χ2n) is 8.68. The van der Waals surface area contributed by atoms with Crippen LogP contribution in [0.5, 0.6) is 5.75 Å². The van der Waals surface area contributed by atoms with Gasteiger partial charge >= 0.3 is 5.95 Å². The monoisotopic (exact) mass is 475 g/mol. The summed E-state index contributed by atoms with van der Waals surface area (Å²) in [6.07, 6.45) is 3.80. The number of hydrogen-bond acceptors (Lipinski definition) is 7. The van der Waals surface area contributed by atoms with E-state index in [1.165, 1.54) is 0 Å². The number of benzene rings is 1. The molecule has 0 aliphatic rings. The number of nitrogens with two attached hydrogens (primary N) is 1. The Morgan fingerprint density at radius 2 is 2.09 bits per heavy atom. The van der Waals surface area contributed by atoms with Gasteiger partial charge in [0, 0.05) is 12.1 Å². The minimum atomic E-state index is -0.583. The Kier molecular flexibility index (Phi) is 5.81. The van der Waals surface area contributed by atoms with Crippen molar-refractivity contribution in [2.75, 3.05) is 12.8 Å². The number of nitrogens with one attached hydrogen (secondary N) is 2. The maximum atomic E-state index is 13.4. The van der Waals surface area contributed by atoms with Crippen LogP contribution in [-0.4, -0.2) is 37.9 Å². The number of anilines is 1. The third-order valence-corrected chi connectivity index (χ3v) is 5.80. The molecule has 0 saturated carbocycles. The van der Waals surface area contributed by atoms with Gasteiger partial charge in [-0.05, 0) is 30.5 Å². The zero-order valence-corrected chi connectivity index (χ0v) is 19.7. The van der Waals surface area contributed by atoms with Crippen molar-refractivity contribution in [3.05, 3.63) is 54.4 Å². The second kappa shape index (κ2) is 9.09. The fourth-order valence-corrected chi connectivity index (χ4v) is 4.13. The number of para-hydroxylation sites is 1. The maximum absolute atomic E-state index is 13.4. The van der Waals surface area contributed by atoms with Gasteiger partial charge in [-0.3, -0.25) is 4.79 Å². The van der Waals surface area contributed by atoms with E-state index in [4.69, 9.17) is 14.9 Å². The summed E-state index contributed by atoms with van der Waals surface area (Å²) in [7, 11) is 1.61. The van der Waals surface area contributed by atoms with Crippen LogP contribution in [0, 0.1) is 5.92 Å². The van der Waals surface area contributed by atoms with Crippen LogP contribution < -0.4 is 20.3 Å². The number of nitrogens with zero attached hydrogens (tertiary/aromatic N) is 5. The van der Waals surface area contributed by atoms with Crippen molar-refractivity contribution in [3.8, 4) is 17.3 Å². The molecule has 0 saturated heterocycles. The summed E-state index contributed by atoms with van der Waals surface area (Å²) in [5.74, 6) is 2.07. The number of ether oxygens (including phenoxy) is 1. The molecule has 0 aliphatic carbocycles. The Morgan fingerprint density at radius 1 is 1.26 bits per heavy atom. The lowest BCUT2D eigenvalue weighted by Gasteiger charge is -2.19. The van der Waals surface area contributed by atoms with Crippen molar-refractivity contribution < 1.29 is 18.5 Å². The fraction of sp³-hybridized carbons (Fsp3) is 0.292. The number of carbonyl (C=O) groups excluding carboxylic acids is 1. The van der Waals surface area contributed by atoms with E-state index in [1.54, 1.807) is 40.9 Å². The van der Waals surface area contributed by atoms with Gasteiger partial charge in [0.1, 0.15) is 17.2 Å². The number of carbonyl (C=O) groups is 1. The Balaban J connectivity index is 1.51. The van der Waals surface area contributed by atoms with Crippen LogP contribution in [0.15, 0.2) is 53.3 Å². The Hall–Kier alpha value is -4.41. The molecule has 0 spiro atoms. The van der Waals surface area contributed by atoms with Crippen molar-refractivity contribution in [3.63, 3.8) is 0 Å². The van der Waals surface area contributed by atoms with Gasteiger partial charge in [-0.25, -0.2) is 9.78 Å². The van der Waals surface area contributed by atoms with Crippen LogP contribution in [0.4, 0.5) is 5.95 Å². The minimum Gasteiger partial charge on any atom is -0.496 e. The summed E-state index contributed by atoms with van der Waals surface area (Å²) >= 11 is 0. The molecule has 1 unspecified atom stereocenters. The van der Waals surface area contributed by atoms with E-state index < -0.39 is 6.04 Å². The van der Waals surface area contributed by atoms with Crippen LogP contribution in [0.1, 0.15) is 31.9 Å². The highest BCUT2D eigenvalue weighted by Gasteiger charge is 2.29. The molecular weight excluding hydrogens is 448 g/mol. The number of furan rings is 1. The molecule has 11 nitrogen and oxygen atoms in total. The standard InChI is InChI=1S/C24H26N8O3/c1-14(2)11-17(23(33)26-12-15-7-4-5-8-18(15)34-3)31-22-16(13-27-31)21-28-20(19-9-6-10-35-19)30-32(21)24(25)29-22/h4-10,13-14,17H,11-12H2,1-3H3,(H3,25,26,27,28,29,30,33)/p+1. The normalized spacial score (nSPS) is 12.5. The lowest BCUT2D eigenvalue weighted by atomic mass is 10.0. The second-order valence-corrected chi connectivity index (χ2v) is 8.68. The number of rotatable bonds is 8. The van der Waals surface area contributed by atoms with Gasteiger partial charge in [0.15, 0.2) is 5.76 Å². The number of amides is 1. The molecule has 0 aliphatic heterocycles. The first-order valence-electron chi connectivity index (χ1n) is 11.3. The average Bonchev–Trinajstić information content (AvgIpc) is 3.60. The molecule has 4 N–H and O–H groups in total. The summed E-state index contributed by atoms with van der Waals surface area (Å²) in [5, 5.41) is 11.3. The van der Waals surface area contributed by atoms with Crippen LogP contribution >= 0.6 is 0 Å². The smallest absolute Gasteiger partial charge is 0.369 e. The topological polar surface area (TPSA) is 141 Å². The van der Waals surface area contributed by atoms with Crippen molar-refractivity contribution >= 4 is 28.5 Å². The molecule has 0 fully saturated rings. The average molecular weight is 476 g/mol. The molecule has 5 aromatic rings. The van der Waals surface area contributed by atoms with E-state index in [0.717, 1.165) is 11.3 Å². The van der Waals surface area contributed by atoms with Crippen molar-refractivity contribution in [1.82, 2.24) is 30.2 Å². The molecule has 35 heavy (non-hydrogen) atoms. The summed E-state index contributed by atoms with van der Waals surface area (Å²) in [5.41, 5.74) is 8.17. The van der Waals surface area contributed by atoms with Crippen LogP contribution in [0.3, 0.4) is 0 Å². The zero-order chi connectivity index (χ0) is 24.5. The first-order valence-corrected chi connectivity index (χ1v) is 11.3. The molecule has 4 aromatic heterocycles. The summed E-state index contributed by atoms with van der Waals surface area (Å²) in [6.45, 7) is 4.45. The number of methoxy groups -OCH3 is 1. The third kappa shape index (κ3) is 4.16. The highest BCUT2D eigenvalue weighted by atomic mass is 16.5. The number of fused-ring (bicyclic) bond motifs is 3. The van der Waals surface area contributed by atoms with E-state index in [0.29, 0.717) is 41.2 Å². The summed E-state index contributed by atoms with van der Waals surface area (Å²) in [6, 6.07) is 10.6. The largest absolute Gasteiger partial charge is 0.496 e. The van der Waals surface area contributed by atoms with Crippen LogP contribution in [0.25, 0.3) is 28.3 Å². The fourth-order valence-electron chi connectivity index (χ4n) is 4.13. The van der Waals surface area contributed by atoms with Crippen molar-refractivity contribution in [2.45, 2.75) is 32.9 Å². The first-order chi connectivity index (χ1) is 17.0. The highest BCUT2D eigenvalue weighted by Crippen LogP contribution is 2.25. The van der Waals surface area contributed by atoms with E-state index >= 15 is 0 Å². The van der Waals surface area contributed by atoms with E-state index in [1.807, 2.05) is 24.3 Å². The molecule has 5 rings (SSSR count). The predicted octanol–water partition coefficient (Wildman–Crippen LogP) is 2.65. The lowest BCUT2D eigenvalue weighted by molar-refractivity contribution is -0.562. The molecule has 0 bridgehead atoms. The Morgan fingerprint density at radius 3 is 2.83 bits per heavy atom. The highest BCUT2D eigenvalue weighted by molar-refractivity contribution is 5.89. The molecule has 4 heterocycles. The van der Waals surface area contributed by atoms with Gasteiger partial charge < -0.3 is 20.2 Å². The Bertz CT molecular complexity index is 1490. The van der Waals surface area contributed by atoms with Crippen molar-refractivity contribution in [1.29, 1.82) is 0 Å². The predicted molar refractivity (Wildman–Crippen MR) is 128 cm³/mol. The van der Waals surface area contributed by atoms with Gasteiger partial charge in [0.05, 0.1) is 19.6 Å². The SMILES string of the molecule is COc1ccccc1CNC(=O)C(CC(C)C)n1ncc2c1nc(N)[n+]1[nH]c(-c3ccco3)nc21. The lowest BCUT2D eigenvalue weighted by Crippen LogP contribution is -2.34. The first kappa shape index (κ1) is 22.4. The quantitative estimate of drug-likeness (QED) is 0.293. The number of aromatic nitrogens is 6. The molecule has 11 heteroatoms. The number of nitrogen functional groups attached to an aromatic ring is 1. The number of aromatic amines is 1. The Labute approximate surface area is 200 Å². The van der Waals surface area contributed by atoms with Gasteiger partial charge in [-0.15, -0.1) is 9.50 Å². The summed E-state index contributed by atoms with van der Waals surface area (Å²) < 4.78 is 14.1. The van der Waals surface area contributed by atoms with Gasteiger partial charge in [0.25, 0.3) is 11.5 Å². The molecule has 0 radical (unpaired) electrons. The van der Waals surface area contributed by atoms with E-state index in [-0.39, 0.29) is 17.8 Å². The molecular formula is C24H27N8O3+. The van der Waals surface area contributed by atoms with Gasteiger partial charge in [-0.1, -0.05) is 37.0 Å². The maximum Gasteiger partial charge on any atom is 0.369 e. The van der Waals surface area contributed by atoms with Gasteiger partial charge in [-0.2, -0.15) is 5.10 Å². The van der Waals surface area contributed by atoms with Crippen LogP contribution in [0.2, 0.25) is 0 Å².